The van der Waals surface area contributed by atoms with Gasteiger partial charge in [0.25, 0.3) is 5.91 Å². The highest BCUT2D eigenvalue weighted by atomic mass is 16.4. The number of aryl methyl sites for hydroxylation is 1. The molecule has 0 aliphatic heterocycles. The average Bonchev–Trinajstić information content (AvgIpc) is 2.83. The monoisotopic (exact) mass is 267 g/mol. The predicted octanol–water partition coefficient (Wildman–Crippen LogP) is 1.52. The Bertz CT molecular complexity index is 442. The first-order valence-corrected chi connectivity index (χ1v) is 6.55. The zero-order chi connectivity index (χ0) is 14.4. The van der Waals surface area contributed by atoms with Crippen molar-refractivity contribution in [1.29, 1.82) is 0 Å². The fraction of sp³-hybridized carbons (Fsp3) is 0.615. The van der Waals surface area contributed by atoms with Crippen LogP contribution in [0.4, 0.5) is 0 Å². The Labute approximate surface area is 112 Å². The van der Waals surface area contributed by atoms with Gasteiger partial charge < -0.3 is 10.4 Å². The zero-order valence-electron chi connectivity index (χ0n) is 11.6. The van der Waals surface area contributed by atoms with Crippen molar-refractivity contribution in [2.45, 2.75) is 46.2 Å². The van der Waals surface area contributed by atoms with E-state index < -0.39 is 17.9 Å². The Morgan fingerprint density at radius 2 is 2.16 bits per heavy atom. The number of carboxylic acids is 1. The molecule has 2 N–H and O–H groups in total. The second-order valence-corrected chi connectivity index (χ2v) is 4.67. The Morgan fingerprint density at radius 1 is 1.47 bits per heavy atom. The molecule has 0 aliphatic carbocycles. The van der Waals surface area contributed by atoms with Crippen molar-refractivity contribution in [3.63, 3.8) is 0 Å². The molecule has 2 unspecified atom stereocenters. The first-order valence-electron chi connectivity index (χ1n) is 6.55. The molecule has 6 heteroatoms. The molecule has 0 bridgehead atoms. The molecule has 6 nitrogen and oxygen atoms in total. The van der Waals surface area contributed by atoms with E-state index in [-0.39, 0.29) is 5.92 Å². The number of aliphatic carboxylic acids is 1. The quantitative estimate of drug-likeness (QED) is 0.784. The second kappa shape index (κ2) is 6.92. The van der Waals surface area contributed by atoms with Crippen molar-refractivity contribution in [2.75, 3.05) is 0 Å². The Kier molecular flexibility index (Phi) is 5.54. The van der Waals surface area contributed by atoms with Gasteiger partial charge in [-0.3, -0.25) is 9.48 Å². The summed E-state index contributed by atoms with van der Waals surface area (Å²) in [5.74, 6) is -1.52. The molecule has 0 aliphatic rings. The molecule has 1 heterocycles. The van der Waals surface area contributed by atoms with E-state index in [0.717, 1.165) is 13.0 Å². The van der Waals surface area contributed by atoms with E-state index in [2.05, 4.69) is 10.4 Å². The maximum atomic E-state index is 12.0. The van der Waals surface area contributed by atoms with Crippen molar-refractivity contribution in [2.24, 2.45) is 5.92 Å². The molecule has 106 valence electrons. The topological polar surface area (TPSA) is 84.2 Å². The maximum absolute atomic E-state index is 12.0. The predicted molar refractivity (Wildman–Crippen MR) is 70.9 cm³/mol. The lowest BCUT2D eigenvalue weighted by Crippen LogP contribution is -2.44. The minimum atomic E-state index is -1.01. The molecule has 19 heavy (non-hydrogen) atoms. The van der Waals surface area contributed by atoms with E-state index in [1.807, 2.05) is 13.8 Å². The highest BCUT2D eigenvalue weighted by molar-refractivity contribution is 5.96. The minimum Gasteiger partial charge on any atom is -0.480 e. The minimum absolute atomic E-state index is 0.118. The van der Waals surface area contributed by atoms with E-state index in [9.17, 15) is 9.59 Å². The third-order valence-electron chi connectivity index (χ3n) is 3.11. The van der Waals surface area contributed by atoms with Gasteiger partial charge in [-0.15, -0.1) is 0 Å². The standard InChI is InChI=1S/C13H21N3O3/c1-4-6-16-8-10(7-14-16)12(17)15-11(13(18)19)9(3)5-2/h7-9,11H,4-6H2,1-3H3,(H,15,17)(H,18,19). The van der Waals surface area contributed by atoms with Crippen LogP contribution < -0.4 is 5.32 Å². The Morgan fingerprint density at radius 3 is 2.68 bits per heavy atom. The number of rotatable bonds is 7. The lowest BCUT2D eigenvalue weighted by atomic mass is 9.99. The summed E-state index contributed by atoms with van der Waals surface area (Å²) in [7, 11) is 0. The molecular formula is C13H21N3O3. The summed E-state index contributed by atoms with van der Waals surface area (Å²) in [6.07, 6.45) is 4.70. The van der Waals surface area contributed by atoms with Gasteiger partial charge in [0.15, 0.2) is 0 Å². The molecular weight excluding hydrogens is 246 g/mol. The lowest BCUT2D eigenvalue weighted by Gasteiger charge is -2.19. The molecule has 1 rings (SSSR count). The van der Waals surface area contributed by atoms with Crippen LogP contribution in [0.3, 0.4) is 0 Å². The van der Waals surface area contributed by atoms with Crippen LogP contribution in [0.2, 0.25) is 0 Å². The first kappa shape index (κ1) is 15.2. The van der Waals surface area contributed by atoms with Gasteiger partial charge in [-0.2, -0.15) is 5.10 Å². The van der Waals surface area contributed by atoms with E-state index in [1.54, 1.807) is 17.8 Å². The van der Waals surface area contributed by atoms with Gasteiger partial charge in [-0.1, -0.05) is 27.2 Å². The summed E-state index contributed by atoms with van der Waals surface area (Å²) in [4.78, 5) is 23.1. The number of nitrogens with one attached hydrogen (secondary N) is 1. The number of amides is 1. The molecule has 0 saturated carbocycles. The van der Waals surface area contributed by atoms with Crippen LogP contribution >= 0.6 is 0 Å². The van der Waals surface area contributed by atoms with Crippen LogP contribution in [-0.2, 0) is 11.3 Å². The fourth-order valence-electron chi connectivity index (χ4n) is 1.74. The molecule has 0 aromatic carbocycles. The fourth-order valence-corrected chi connectivity index (χ4v) is 1.74. The Balaban J connectivity index is 2.73. The van der Waals surface area contributed by atoms with Crippen LogP contribution in [0.1, 0.15) is 44.0 Å². The lowest BCUT2D eigenvalue weighted by molar-refractivity contribution is -0.140. The van der Waals surface area contributed by atoms with Gasteiger partial charge in [0.05, 0.1) is 11.8 Å². The van der Waals surface area contributed by atoms with Gasteiger partial charge in [-0.05, 0) is 12.3 Å². The van der Waals surface area contributed by atoms with E-state index in [1.165, 1.54) is 6.20 Å². The van der Waals surface area contributed by atoms with Crippen molar-refractivity contribution in [1.82, 2.24) is 15.1 Å². The van der Waals surface area contributed by atoms with Crippen LogP contribution in [0.25, 0.3) is 0 Å². The van der Waals surface area contributed by atoms with Crippen LogP contribution in [0.5, 0.6) is 0 Å². The van der Waals surface area contributed by atoms with E-state index in [0.29, 0.717) is 12.0 Å². The molecule has 1 aromatic heterocycles. The van der Waals surface area contributed by atoms with Crippen molar-refractivity contribution in [3.8, 4) is 0 Å². The second-order valence-electron chi connectivity index (χ2n) is 4.67. The van der Waals surface area contributed by atoms with Gasteiger partial charge in [0.2, 0.25) is 0 Å². The van der Waals surface area contributed by atoms with E-state index >= 15 is 0 Å². The van der Waals surface area contributed by atoms with Crippen molar-refractivity contribution >= 4 is 11.9 Å². The zero-order valence-corrected chi connectivity index (χ0v) is 11.6. The van der Waals surface area contributed by atoms with Gasteiger partial charge in [0, 0.05) is 12.7 Å². The Hall–Kier alpha value is -1.85. The summed E-state index contributed by atoms with van der Waals surface area (Å²) in [6, 6.07) is -0.868. The van der Waals surface area contributed by atoms with E-state index in [4.69, 9.17) is 5.11 Å². The number of aromatic nitrogens is 2. The number of carbonyl (C=O) groups is 2. The molecule has 2 atom stereocenters. The van der Waals surface area contributed by atoms with Crippen LogP contribution in [0.15, 0.2) is 12.4 Å². The SMILES string of the molecule is CCCn1cc(C(=O)NC(C(=O)O)C(C)CC)cn1. The summed E-state index contributed by atoms with van der Waals surface area (Å²) < 4.78 is 1.67. The summed E-state index contributed by atoms with van der Waals surface area (Å²) in [5.41, 5.74) is 0.392. The average molecular weight is 267 g/mol. The number of nitrogens with zero attached hydrogens (tertiary/aromatic N) is 2. The molecule has 0 fully saturated rings. The normalized spacial score (nSPS) is 13.8. The molecule has 0 radical (unpaired) electrons. The molecule has 1 aromatic rings. The van der Waals surface area contributed by atoms with Crippen molar-refractivity contribution < 1.29 is 14.7 Å². The van der Waals surface area contributed by atoms with Crippen molar-refractivity contribution in [3.05, 3.63) is 18.0 Å². The smallest absolute Gasteiger partial charge is 0.326 e. The summed E-state index contributed by atoms with van der Waals surface area (Å²) >= 11 is 0. The van der Waals surface area contributed by atoms with Gasteiger partial charge in [-0.25, -0.2) is 4.79 Å². The molecule has 1 amide bonds. The van der Waals surface area contributed by atoms with Gasteiger partial charge >= 0.3 is 5.97 Å². The molecule has 0 spiro atoms. The number of hydrogen-bond acceptors (Lipinski definition) is 3. The first-order chi connectivity index (χ1) is 8.99. The largest absolute Gasteiger partial charge is 0.480 e. The third-order valence-corrected chi connectivity index (χ3v) is 3.11. The highest BCUT2D eigenvalue weighted by Gasteiger charge is 2.26. The van der Waals surface area contributed by atoms with Crippen LogP contribution in [0, 0.1) is 5.92 Å². The van der Waals surface area contributed by atoms with Crippen LogP contribution in [-0.4, -0.2) is 32.8 Å². The third kappa shape index (κ3) is 4.08. The summed E-state index contributed by atoms with van der Waals surface area (Å²) in [6.45, 7) is 6.46. The maximum Gasteiger partial charge on any atom is 0.326 e. The van der Waals surface area contributed by atoms with Gasteiger partial charge in [0.1, 0.15) is 6.04 Å². The number of carboxylic acid groups (broad SMARTS) is 1. The number of hydrogen-bond donors (Lipinski definition) is 2. The highest BCUT2D eigenvalue weighted by Crippen LogP contribution is 2.09. The number of carbonyl (C=O) groups excluding carboxylic acids is 1. The summed E-state index contributed by atoms with van der Waals surface area (Å²) in [5, 5.41) is 15.7. The molecule has 0 saturated heterocycles.